The van der Waals surface area contributed by atoms with Gasteiger partial charge in [-0.2, -0.15) is 0 Å². The SMILES string of the molecule is CCOC(=O)C1=C(CN2CC[C@]3(C)C(=O)N(c4ccc(C(=O)O)cc4)C[C@@H]3C2)NC(c2nccs2)=N[C@H]1c1cccc(F)c1C. The van der Waals surface area contributed by atoms with Crippen LogP contribution in [0.5, 0.6) is 0 Å². The minimum atomic E-state index is -1.02. The van der Waals surface area contributed by atoms with Crippen molar-refractivity contribution >= 4 is 40.7 Å². The van der Waals surface area contributed by atoms with Gasteiger partial charge in [-0.1, -0.05) is 19.1 Å². The van der Waals surface area contributed by atoms with E-state index in [1.165, 1.54) is 29.5 Å². The number of rotatable bonds is 8. The highest BCUT2D eigenvalue weighted by Crippen LogP contribution is 2.45. The molecule has 0 spiro atoms. The fourth-order valence-electron chi connectivity index (χ4n) is 6.49. The number of amidine groups is 1. The predicted molar refractivity (Wildman–Crippen MR) is 168 cm³/mol. The Hall–Kier alpha value is -4.42. The number of carbonyl (C=O) groups is 3. The van der Waals surface area contributed by atoms with E-state index in [9.17, 15) is 23.9 Å². The number of carbonyl (C=O) groups excluding carboxylic acids is 2. The lowest BCUT2D eigenvalue weighted by Gasteiger charge is -2.40. The third-order valence-electron chi connectivity index (χ3n) is 9.13. The van der Waals surface area contributed by atoms with Crippen LogP contribution in [0.2, 0.25) is 0 Å². The first-order valence-corrected chi connectivity index (χ1v) is 15.8. The fourth-order valence-corrected chi connectivity index (χ4v) is 7.08. The van der Waals surface area contributed by atoms with Crippen molar-refractivity contribution in [2.45, 2.75) is 33.2 Å². The van der Waals surface area contributed by atoms with Gasteiger partial charge in [-0.15, -0.1) is 11.3 Å². The minimum absolute atomic E-state index is 0.00138. The summed E-state index contributed by atoms with van der Waals surface area (Å²) in [5, 5.41) is 15.1. The highest BCUT2D eigenvalue weighted by atomic mass is 32.1. The molecule has 12 heteroatoms. The maximum atomic E-state index is 14.8. The van der Waals surface area contributed by atoms with Crippen molar-refractivity contribution in [1.29, 1.82) is 0 Å². The van der Waals surface area contributed by atoms with Crippen molar-refractivity contribution in [1.82, 2.24) is 15.2 Å². The second-order valence-electron chi connectivity index (χ2n) is 11.8. The number of ether oxygens (including phenoxy) is 1. The van der Waals surface area contributed by atoms with Gasteiger partial charge in [-0.3, -0.25) is 14.7 Å². The quantitative estimate of drug-likeness (QED) is 0.347. The zero-order valence-corrected chi connectivity index (χ0v) is 26.1. The summed E-state index contributed by atoms with van der Waals surface area (Å²) in [5.74, 6) is -1.40. The Morgan fingerprint density at radius 2 is 1.98 bits per heavy atom. The van der Waals surface area contributed by atoms with Crippen molar-refractivity contribution in [3.8, 4) is 0 Å². The number of carboxylic acids is 1. The molecule has 1 aromatic heterocycles. The summed E-state index contributed by atoms with van der Waals surface area (Å²) < 4.78 is 20.3. The molecule has 3 aliphatic heterocycles. The third kappa shape index (κ3) is 5.64. The number of benzene rings is 2. The Balaban J connectivity index is 1.32. The van der Waals surface area contributed by atoms with E-state index < -0.39 is 23.4 Å². The summed E-state index contributed by atoms with van der Waals surface area (Å²) >= 11 is 1.41. The number of esters is 1. The monoisotopic (exact) mass is 631 g/mol. The van der Waals surface area contributed by atoms with Crippen LogP contribution in [0, 0.1) is 24.1 Å². The standard InChI is InChI=1S/C33H34FN5O5S/c1-4-44-31(42)26-25(36-28(29-35-13-15-45-29)37-27(26)23-6-5-7-24(34)19(23)2)18-38-14-12-33(3)21(16-38)17-39(32(33)43)22-10-8-20(9-11-22)30(40)41/h5-11,13,15,21,27H,4,12,14,16-18H2,1-3H3,(H,36,37)(H,40,41)/t21-,27-,33-/m0/s1. The first-order chi connectivity index (χ1) is 21.6. The van der Waals surface area contributed by atoms with Gasteiger partial charge < -0.3 is 20.1 Å². The van der Waals surface area contributed by atoms with Crippen LogP contribution in [0.15, 0.2) is 70.3 Å². The van der Waals surface area contributed by atoms with Crippen LogP contribution in [-0.2, 0) is 14.3 Å². The molecule has 2 saturated heterocycles. The van der Waals surface area contributed by atoms with E-state index in [0.29, 0.717) is 71.5 Å². The largest absolute Gasteiger partial charge is 0.478 e. The summed E-state index contributed by atoms with van der Waals surface area (Å²) in [4.78, 5) is 51.8. The molecule has 45 heavy (non-hydrogen) atoms. The molecule has 0 saturated carbocycles. The van der Waals surface area contributed by atoms with Gasteiger partial charge in [-0.05, 0) is 68.3 Å². The highest BCUT2D eigenvalue weighted by molar-refractivity contribution is 7.11. The van der Waals surface area contributed by atoms with Gasteiger partial charge in [0.2, 0.25) is 5.91 Å². The molecule has 234 valence electrons. The molecule has 0 bridgehead atoms. The number of aromatic carboxylic acids is 1. The Morgan fingerprint density at radius 3 is 2.67 bits per heavy atom. The molecule has 3 atom stereocenters. The molecule has 2 aromatic carbocycles. The van der Waals surface area contributed by atoms with E-state index in [0.717, 1.165) is 0 Å². The molecule has 0 aliphatic carbocycles. The Bertz CT molecular complexity index is 1710. The van der Waals surface area contributed by atoms with Crippen molar-refractivity contribution in [3.63, 3.8) is 0 Å². The van der Waals surface area contributed by atoms with E-state index >= 15 is 0 Å². The lowest BCUT2D eigenvalue weighted by atomic mass is 9.73. The normalized spacial score (nSPS) is 23.4. The van der Waals surface area contributed by atoms with Crippen LogP contribution < -0.4 is 10.2 Å². The summed E-state index contributed by atoms with van der Waals surface area (Å²) in [6.45, 7) is 7.65. The zero-order valence-electron chi connectivity index (χ0n) is 25.2. The van der Waals surface area contributed by atoms with Crippen LogP contribution in [0.1, 0.15) is 52.8 Å². The lowest BCUT2D eigenvalue weighted by Crippen LogP contribution is -2.49. The number of nitrogens with zero attached hydrogens (tertiary/aromatic N) is 4. The molecular weight excluding hydrogens is 597 g/mol. The van der Waals surface area contributed by atoms with E-state index in [2.05, 4.69) is 15.2 Å². The molecule has 6 rings (SSSR count). The number of anilines is 1. The first-order valence-electron chi connectivity index (χ1n) is 14.9. The van der Waals surface area contributed by atoms with E-state index in [1.54, 1.807) is 49.2 Å². The molecule has 3 aliphatic rings. The highest BCUT2D eigenvalue weighted by Gasteiger charge is 2.53. The van der Waals surface area contributed by atoms with Crippen molar-refractivity contribution < 1.29 is 28.6 Å². The molecule has 2 N–H and O–H groups in total. The summed E-state index contributed by atoms with van der Waals surface area (Å²) in [6.07, 6.45) is 2.29. The maximum absolute atomic E-state index is 14.8. The number of fused-ring (bicyclic) bond motifs is 1. The summed E-state index contributed by atoms with van der Waals surface area (Å²) in [5.41, 5.74) is 2.17. The van der Waals surface area contributed by atoms with Gasteiger partial charge in [0.25, 0.3) is 0 Å². The van der Waals surface area contributed by atoms with E-state index in [-0.39, 0.29) is 29.8 Å². The second-order valence-corrected chi connectivity index (χ2v) is 12.7. The van der Waals surface area contributed by atoms with Gasteiger partial charge >= 0.3 is 11.9 Å². The molecule has 4 heterocycles. The number of likely N-dealkylation sites (tertiary alicyclic amines) is 1. The number of thiazole rings is 1. The van der Waals surface area contributed by atoms with Gasteiger partial charge in [0.1, 0.15) is 11.9 Å². The lowest BCUT2D eigenvalue weighted by molar-refractivity contribution is -0.139. The van der Waals surface area contributed by atoms with Gasteiger partial charge in [0.05, 0.1) is 23.2 Å². The molecule has 1 amide bonds. The average molecular weight is 632 g/mol. The molecule has 10 nitrogen and oxygen atoms in total. The summed E-state index contributed by atoms with van der Waals surface area (Å²) in [6, 6.07) is 10.4. The molecule has 0 unspecified atom stereocenters. The second kappa shape index (κ2) is 12.2. The van der Waals surface area contributed by atoms with Crippen LogP contribution in [0.3, 0.4) is 0 Å². The zero-order chi connectivity index (χ0) is 31.9. The van der Waals surface area contributed by atoms with Gasteiger partial charge in [0.15, 0.2) is 10.8 Å². The average Bonchev–Trinajstić information content (AvgIpc) is 3.65. The number of carboxylic acid groups (broad SMARTS) is 1. The van der Waals surface area contributed by atoms with Crippen molar-refractivity contribution in [2.24, 2.45) is 16.3 Å². The molecule has 3 aromatic rings. The number of piperidine rings is 1. The Labute approximate surface area is 264 Å². The smallest absolute Gasteiger partial charge is 0.338 e. The van der Waals surface area contributed by atoms with Crippen LogP contribution >= 0.6 is 11.3 Å². The predicted octanol–water partition coefficient (Wildman–Crippen LogP) is 4.57. The van der Waals surface area contributed by atoms with E-state index in [1.807, 2.05) is 12.3 Å². The summed E-state index contributed by atoms with van der Waals surface area (Å²) in [7, 11) is 0. The number of aromatic nitrogens is 1. The number of nitrogens with one attached hydrogen (secondary N) is 1. The van der Waals surface area contributed by atoms with Crippen molar-refractivity contribution in [3.05, 3.63) is 92.8 Å². The first kappa shape index (κ1) is 30.6. The van der Waals surface area contributed by atoms with E-state index in [4.69, 9.17) is 9.73 Å². The topological polar surface area (TPSA) is 124 Å². The molecule has 0 radical (unpaired) electrons. The van der Waals surface area contributed by atoms with Crippen LogP contribution in [0.25, 0.3) is 0 Å². The Kier molecular flexibility index (Phi) is 8.27. The van der Waals surface area contributed by atoms with Crippen LogP contribution in [0.4, 0.5) is 10.1 Å². The Morgan fingerprint density at radius 1 is 1.20 bits per heavy atom. The third-order valence-corrected chi connectivity index (χ3v) is 9.91. The number of aliphatic imine (C=N–C) groups is 1. The number of halogens is 1. The number of hydrogen-bond donors (Lipinski definition) is 2. The molecular formula is C33H34FN5O5S. The molecule has 2 fully saturated rings. The number of amides is 1. The maximum Gasteiger partial charge on any atom is 0.338 e. The minimum Gasteiger partial charge on any atom is -0.478 e. The van der Waals surface area contributed by atoms with Gasteiger partial charge in [-0.25, -0.2) is 19.0 Å². The number of hydrogen-bond acceptors (Lipinski definition) is 9. The van der Waals surface area contributed by atoms with Crippen LogP contribution in [-0.4, -0.2) is 71.5 Å². The van der Waals surface area contributed by atoms with Gasteiger partial charge in [0, 0.05) is 48.5 Å². The fraction of sp³-hybridized carbons (Fsp3) is 0.364. The van der Waals surface area contributed by atoms with Crippen molar-refractivity contribution in [2.75, 3.05) is 37.7 Å².